The number of hydrogen-bond acceptors (Lipinski definition) is 4. The molecule has 2 saturated heterocycles. The lowest BCUT2D eigenvalue weighted by Crippen LogP contribution is -2.45. The molecule has 4 heteroatoms. The average Bonchev–Trinajstić information content (AvgIpc) is 2.86. The van der Waals surface area contributed by atoms with Crippen LogP contribution in [-0.4, -0.2) is 73.7 Å². The Hall–Kier alpha value is -0.160. The van der Waals surface area contributed by atoms with Gasteiger partial charge < -0.3 is 20.4 Å². The monoisotopic (exact) mass is 296 g/mol. The molecule has 0 aliphatic carbocycles. The molecule has 0 radical (unpaired) electrons. The predicted octanol–water partition coefficient (Wildman–Crippen LogP) is 1.52. The van der Waals surface area contributed by atoms with E-state index in [0.29, 0.717) is 18.1 Å². The van der Waals surface area contributed by atoms with Crippen LogP contribution in [0.3, 0.4) is 0 Å². The molecule has 0 bridgehead atoms. The van der Waals surface area contributed by atoms with Gasteiger partial charge in [0, 0.05) is 30.7 Å². The lowest BCUT2D eigenvalue weighted by molar-refractivity contribution is 0.219. The van der Waals surface area contributed by atoms with E-state index in [4.69, 9.17) is 0 Å². The van der Waals surface area contributed by atoms with Crippen molar-refractivity contribution >= 4 is 0 Å². The normalized spacial score (nSPS) is 27.6. The van der Waals surface area contributed by atoms with Crippen LogP contribution in [-0.2, 0) is 0 Å². The Balaban J connectivity index is 1.58. The van der Waals surface area contributed by atoms with Gasteiger partial charge in [0.25, 0.3) is 0 Å². The van der Waals surface area contributed by atoms with Gasteiger partial charge in [-0.25, -0.2) is 0 Å². The summed E-state index contributed by atoms with van der Waals surface area (Å²) in [5, 5.41) is 7.50. The molecule has 0 saturated carbocycles. The van der Waals surface area contributed by atoms with Gasteiger partial charge in [0.05, 0.1) is 0 Å². The first-order valence-corrected chi connectivity index (χ1v) is 8.96. The van der Waals surface area contributed by atoms with Crippen molar-refractivity contribution in [1.29, 1.82) is 0 Å². The molecule has 4 nitrogen and oxygen atoms in total. The Labute approximate surface area is 131 Å². The minimum atomic E-state index is 0.611. The van der Waals surface area contributed by atoms with E-state index in [-0.39, 0.29) is 0 Å². The van der Waals surface area contributed by atoms with Crippen LogP contribution in [0, 0.1) is 0 Å². The summed E-state index contributed by atoms with van der Waals surface area (Å²) in [5.41, 5.74) is 0. The summed E-state index contributed by atoms with van der Waals surface area (Å²) in [5.74, 6) is 0. The van der Waals surface area contributed by atoms with Crippen molar-refractivity contribution in [2.45, 2.75) is 70.6 Å². The molecular weight excluding hydrogens is 260 g/mol. The highest BCUT2D eigenvalue weighted by Crippen LogP contribution is 2.13. The zero-order valence-corrected chi connectivity index (χ0v) is 14.6. The van der Waals surface area contributed by atoms with E-state index in [1.807, 2.05) is 0 Å². The quantitative estimate of drug-likeness (QED) is 0.746. The standard InChI is InChI=1S/C17H36N4/c1-14(2)18-17-8-12-21(13-17)11-5-15(3)19-16-6-9-20(4)10-7-16/h14-19H,5-13H2,1-4H3. The lowest BCUT2D eigenvalue weighted by atomic mass is 10.0. The summed E-state index contributed by atoms with van der Waals surface area (Å²) in [6.07, 6.45) is 5.21. The Morgan fingerprint density at radius 2 is 1.62 bits per heavy atom. The summed E-state index contributed by atoms with van der Waals surface area (Å²) < 4.78 is 0. The molecule has 2 N–H and O–H groups in total. The van der Waals surface area contributed by atoms with Gasteiger partial charge in [-0.3, -0.25) is 0 Å². The molecule has 2 aliphatic rings. The molecule has 2 unspecified atom stereocenters. The van der Waals surface area contributed by atoms with Crippen molar-refractivity contribution < 1.29 is 0 Å². The largest absolute Gasteiger partial charge is 0.311 e. The topological polar surface area (TPSA) is 30.5 Å². The third-order valence-corrected chi connectivity index (χ3v) is 4.96. The Morgan fingerprint density at radius 3 is 2.29 bits per heavy atom. The zero-order chi connectivity index (χ0) is 15.2. The van der Waals surface area contributed by atoms with Crippen molar-refractivity contribution in [3.05, 3.63) is 0 Å². The SMILES string of the molecule is CC(C)NC1CCN(CCC(C)NC2CCN(C)CC2)C1. The van der Waals surface area contributed by atoms with Crippen molar-refractivity contribution in [3.8, 4) is 0 Å². The van der Waals surface area contributed by atoms with E-state index in [1.165, 1.54) is 58.4 Å². The van der Waals surface area contributed by atoms with Crippen molar-refractivity contribution in [2.75, 3.05) is 39.8 Å². The highest BCUT2D eigenvalue weighted by molar-refractivity contribution is 4.83. The second kappa shape index (κ2) is 8.47. The molecule has 2 fully saturated rings. The van der Waals surface area contributed by atoms with Gasteiger partial charge in [0.1, 0.15) is 0 Å². The summed E-state index contributed by atoms with van der Waals surface area (Å²) in [7, 11) is 2.23. The average molecular weight is 297 g/mol. The Bertz CT molecular complexity index is 287. The summed E-state index contributed by atoms with van der Waals surface area (Å²) in [6.45, 7) is 13.1. The van der Waals surface area contributed by atoms with E-state index >= 15 is 0 Å². The van der Waals surface area contributed by atoms with Crippen molar-refractivity contribution in [2.24, 2.45) is 0 Å². The Kier molecular flexibility index (Phi) is 6.93. The molecule has 0 amide bonds. The molecule has 2 aliphatic heterocycles. The van der Waals surface area contributed by atoms with E-state index < -0.39 is 0 Å². The molecule has 0 aromatic rings. The van der Waals surface area contributed by atoms with E-state index in [2.05, 4.69) is 48.3 Å². The van der Waals surface area contributed by atoms with Crippen LogP contribution in [0.15, 0.2) is 0 Å². The first kappa shape index (κ1) is 17.2. The Morgan fingerprint density at radius 1 is 0.952 bits per heavy atom. The van der Waals surface area contributed by atoms with Crippen LogP contribution in [0.5, 0.6) is 0 Å². The molecule has 124 valence electrons. The number of hydrogen-bond donors (Lipinski definition) is 2. The fourth-order valence-corrected chi connectivity index (χ4v) is 3.68. The van der Waals surface area contributed by atoms with Crippen molar-refractivity contribution in [1.82, 2.24) is 20.4 Å². The molecule has 0 spiro atoms. The highest BCUT2D eigenvalue weighted by Gasteiger charge is 2.23. The molecule has 0 aromatic carbocycles. The van der Waals surface area contributed by atoms with E-state index in [0.717, 1.165) is 6.04 Å². The smallest absolute Gasteiger partial charge is 0.0209 e. The second-order valence-corrected chi connectivity index (χ2v) is 7.54. The fourth-order valence-electron chi connectivity index (χ4n) is 3.68. The number of rotatable bonds is 7. The van der Waals surface area contributed by atoms with Crippen LogP contribution in [0.25, 0.3) is 0 Å². The van der Waals surface area contributed by atoms with Crippen LogP contribution < -0.4 is 10.6 Å². The minimum Gasteiger partial charge on any atom is -0.311 e. The van der Waals surface area contributed by atoms with Crippen LogP contribution in [0.4, 0.5) is 0 Å². The number of piperidine rings is 1. The second-order valence-electron chi connectivity index (χ2n) is 7.54. The maximum Gasteiger partial charge on any atom is 0.0209 e. The summed E-state index contributed by atoms with van der Waals surface area (Å²) in [6, 6.07) is 2.71. The highest BCUT2D eigenvalue weighted by atomic mass is 15.2. The number of nitrogens with zero attached hydrogens (tertiary/aromatic N) is 2. The first-order chi connectivity index (χ1) is 10.0. The first-order valence-electron chi connectivity index (χ1n) is 8.96. The number of nitrogens with one attached hydrogen (secondary N) is 2. The zero-order valence-electron chi connectivity index (χ0n) is 14.6. The summed E-state index contributed by atoms with van der Waals surface area (Å²) in [4.78, 5) is 5.07. The predicted molar refractivity (Wildman–Crippen MR) is 90.9 cm³/mol. The van der Waals surface area contributed by atoms with Gasteiger partial charge in [-0.2, -0.15) is 0 Å². The van der Waals surface area contributed by atoms with Gasteiger partial charge >= 0.3 is 0 Å². The molecule has 2 rings (SSSR count). The summed E-state index contributed by atoms with van der Waals surface area (Å²) >= 11 is 0. The molecule has 2 heterocycles. The van der Waals surface area contributed by atoms with Gasteiger partial charge in [-0.05, 0) is 65.8 Å². The molecule has 0 aromatic heterocycles. The third kappa shape index (κ3) is 6.23. The maximum absolute atomic E-state index is 3.84. The van der Waals surface area contributed by atoms with Gasteiger partial charge in [0.15, 0.2) is 0 Å². The fraction of sp³-hybridized carbons (Fsp3) is 1.00. The van der Waals surface area contributed by atoms with Crippen LogP contribution in [0.1, 0.15) is 46.5 Å². The van der Waals surface area contributed by atoms with Gasteiger partial charge in [0.2, 0.25) is 0 Å². The number of likely N-dealkylation sites (tertiary alicyclic amines) is 2. The maximum atomic E-state index is 3.84. The van der Waals surface area contributed by atoms with Gasteiger partial charge in [-0.15, -0.1) is 0 Å². The van der Waals surface area contributed by atoms with Crippen LogP contribution >= 0.6 is 0 Å². The minimum absolute atomic E-state index is 0.611. The van der Waals surface area contributed by atoms with Crippen molar-refractivity contribution in [3.63, 3.8) is 0 Å². The molecule has 21 heavy (non-hydrogen) atoms. The molecular formula is C17H36N4. The van der Waals surface area contributed by atoms with Crippen LogP contribution in [0.2, 0.25) is 0 Å². The van der Waals surface area contributed by atoms with E-state index in [1.54, 1.807) is 0 Å². The molecule has 2 atom stereocenters. The van der Waals surface area contributed by atoms with Gasteiger partial charge in [-0.1, -0.05) is 13.8 Å². The third-order valence-electron chi connectivity index (χ3n) is 4.96. The van der Waals surface area contributed by atoms with E-state index in [9.17, 15) is 0 Å². The lowest BCUT2D eigenvalue weighted by Gasteiger charge is -2.32.